The number of carbonyl (C=O) groups excluding carboxylic acids is 1. The Balaban J connectivity index is 1.75. The van der Waals surface area contributed by atoms with Crippen LogP contribution in [0.4, 0.5) is 0 Å². The highest BCUT2D eigenvalue weighted by Crippen LogP contribution is 2.35. The molecule has 0 unspecified atom stereocenters. The first-order valence-electron chi connectivity index (χ1n) is 12.1. The van der Waals surface area contributed by atoms with Crippen molar-refractivity contribution in [2.24, 2.45) is 0 Å². The second-order valence-electron chi connectivity index (χ2n) is 9.00. The van der Waals surface area contributed by atoms with E-state index < -0.39 is 10.0 Å². The van der Waals surface area contributed by atoms with Gasteiger partial charge in [0.15, 0.2) is 0 Å². The van der Waals surface area contributed by atoms with Gasteiger partial charge in [-0.2, -0.15) is 4.31 Å². The molecule has 0 saturated heterocycles. The summed E-state index contributed by atoms with van der Waals surface area (Å²) in [6.45, 7) is 4.74. The van der Waals surface area contributed by atoms with Gasteiger partial charge in [-0.15, -0.1) is 0 Å². The maximum absolute atomic E-state index is 12.9. The maximum Gasteiger partial charge on any atom is 0.248 e. The molecule has 9 nitrogen and oxygen atoms in total. The van der Waals surface area contributed by atoms with Crippen molar-refractivity contribution in [3.8, 4) is 5.75 Å². The summed E-state index contributed by atoms with van der Waals surface area (Å²) in [6, 6.07) is 2.94. The monoisotopic (exact) mass is 567 g/mol. The van der Waals surface area contributed by atoms with E-state index in [1.165, 1.54) is 26.3 Å². The molecule has 0 N–H and O–H groups in total. The highest BCUT2D eigenvalue weighted by Gasteiger charge is 2.29. The summed E-state index contributed by atoms with van der Waals surface area (Å²) >= 11 is 12.3. The van der Waals surface area contributed by atoms with Gasteiger partial charge in [0.1, 0.15) is 17.3 Å². The molecular formula is C24H39Cl2N3O6S. The molecule has 1 aromatic rings. The Bertz CT molecular complexity index is 934. The van der Waals surface area contributed by atoms with Crippen LogP contribution in [0.5, 0.6) is 5.75 Å². The van der Waals surface area contributed by atoms with E-state index in [4.69, 9.17) is 37.4 Å². The number of hydrogen-bond acceptors (Lipinski definition) is 7. The van der Waals surface area contributed by atoms with Crippen molar-refractivity contribution in [3.63, 3.8) is 0 Å². The van der Waals surface area contributed by atoms with Crippen LogP contribution in [0.1, 0.15) is 32.6 Å². The molecule has 0 spiro atoms. The number of amides is 1. The van der Waals surface area contributed by atoms with Crippen LogP contribution in [-0.4, -0.2) is 108 Å². The third kappa shape index (κ3) is 8.72. The average molecular weight is 569 g/mol. The van der Waals surface area contributed by atoms with Crippen molar-refractivity contribution in [2.75, 3.05) is 67.7 Å². The molecule has 0 heterocycles. The Kier molecular flexibility index (Phi) is 12.7. The maximum atomic E-state index is 12.9. The van der Waals surface area contributed by atoms with E-state index in [1.807, 2.05) is 0 Å². The Hall–Kier alpha value is -1.14. The second-order valence-corrected chi connectivity index (χ2v) is 11.8. The minimum atomic E-state index is -3.95. The molecule has 0 aromatic heterocycles. The Morgan fingerprint density at radius 1 is 1.03 bits per heavy atom. The first kappa shape index (κ1) is 31.1. The van der Waals surface area contributed by atoms with Crippen molar-refractivity contribution >= 4 is 39.1 Å². The van der Waals surface area contributed by atoms with E-state index in [-0.39, 0.29) is 52.8 Å². The predicted molar refractivity (Wildman–Crippen MR) is 142 cm³/mol. The summed E-state index contributed by atoms with van der Waals surface area (Å²) < 4.78 is 43.5. The van der Waals surface area contributed by atoms with Crippen LogP contribution >= 0.6 is 23.2 Å². The normalized spacial score (nSPS) is 18.6. The third-order valence-corrected chi connectivity index (χ3v) is 9.38. The molecule has 1 aliphatic carbocycles. The van der Waals surface area contributed by atoms with Gasteiger partial charge in [-0.05, 0) is 39.3 Å². The van der Waals surface area contributed by atoms with Crippen LogP contribution in [0.15, 0.2) is 17.0 Å². The summed E-state index contributed by atoms with van der Waals surface area (Å²) in [5.74, 6) is 0.231. The zero-order chi connectivity index (χ0) is 26.9. The first-order chi connectivity index (χ1) is 17.0. The fourth-order valence-corrected chi connectivity index (χ4v) is 6.26. The molecular weight excluding hydrogens is 529 g/mol. The molecule has 1 amide bonds. The number of nitrogens with zero attached hydrogens (tertiary/aromatic N) is 3. The largest absolute Gasteiger partial charge is 0.497 e. The number of sulfonamides is 1. The Morgan fingerprint density at radius 3 is 2.19 bits per heavy atom. The number of halogens is 2. The molecule has 0 bridgehead atoms. The number of benzene rings is 1. The van der Waals surface area contributed by atoms with Crippen LogP contribution < -0.4 is 4.74 Å². The predicted octanol–water partition coefficient (Wildman–Crippen LogP) is 3.38. The van der Waals surface area contributed by atoms with Crippen LogP contribution in [0.3, 0.4) is 0 Å². The number of ether oxygens (including phenoxy) is 3. The standard InChI is InChI=1S/C24H39Cl2N3O6S/c1-6-27(2)11-14-35-19-9-7-18(8-10-19)29(4)23(30)17-34-13-12-28(3)36(31,32)24-21(25)15-20(33-5)16-22(24)26/h15-16,18-19H,6-14,17H2,1-5H3. The van der Waals surface area contributed by atoms with Gasteiger partial charge in [0.05, 0.1) is 36.5 Å². The number of methoxy groups -OCH3 is 1. The highest BCUT2D eigenvalue weighted by atomic mass is 35.5. The van der Waals surface area contributed by atoms with Crippen molar-refractivity contribution in [1.82, 2.24) is 14.1 Å². The molecule has 1 saturated carbocycles. The average Bonchev–Trinajstić information content (AvgIpc) is 2.85. The fraction of sp³-hybridized carbons (Fsp3) is 0.708. The minimum Gasteiger partial charge on any atom is -0.497 e. The van der Waals surface area contributed by atoms with Crippen molar-refractivity contribution in [2.45, 2.75) is 49.6 Å². The zero-order valence-corrected chi connectivity index (χ0v) is 24.2. The van der Waals surface area contributed by atoms with E-state index in [1.54, 1.807) is 11.9 Å². The van der Waals surface area contributed by atoms with Gasteiger partial charge in [-0.25, -0.2) is 8.42 Å². The SMILES string of the molecule is CCN(C)CCOC1CCC(N(C)C(=O)COCCN(C)S(=O)(=O)c2c(Cl)cc(OC)cc2Cl)CC1. The Labute approximate surface area is 225 Å². The number of hydrogen-bond donors (Lipinski definition) is 0. The molecule has 2 rings (SSSR count). The van der Waals surface area contributed by atoms with Gasteiger partial charge in [0.25, 0.3) is 0 Å². The van der Waals surface area contributed by atoms with Crippen molar-refractivity contribution in [1.29, 1.82) is 0 Å². The van der Waals surface area contributed by atoms with E-state index in [9.17, 15) is 13.2 Å². The van der Waals surface area contributed by atoms with Crippen LogP contribution in [0.25, 0.3) is 0 Å². The third-order valence-electron chi connectivity index (χ3n) is 6.60. The quantitative estimate of drug-likeness (QED) is 0.318. The summed E-state index contributed by atoms with van der Waals surface area (Å²) in [4.78, 5) is 16.4. The molecule has 1 fully saturated rings. The molecule has 12 heteroatoms. The van der Waals surface area contributed by atoms with E-state index in [2.05, 4.69) is 18.9 Å². The van der Waals surface area contributed by atoms with Gasteiger partial charge >= 0.3 is 0 Å². The lowest BCUT2D eigenvalue weighted by molar-refractivity contribution is -0.138. The summed E-state index contributed by atoms with van der Waals surface area (Å²) in [7, 11) is 2.76. The van der Waals surface area contributed by atoms with Gasteiger partial charge in [0, 0.05) is 45.4 Å². The molecule has 0 atom stereocenters. The lowest BCUT2D eigenvalue weighted by atomic mass is 9.92. The fourth-order valence-electron chi connectivity index (χ4n) is 3.97. The molecule has 206 valence electrons. The van der Waals surface area contributed by atoms with Gasteiger partial charge < -0.3 is 24.0 Å². The zero-order valence-electron chi connectivity index (χ0n) is 21.8. The summed E-state index contributed by atoms with van der Waals surface area (Å²) in [5, 5.41) is -0.0605. The van der Waals surface area contributed by atoms with Crippen LogP contribution in [0, 0.1) is 0 Å². The van der Waals surface area contributed by atoms with Gasteiger partial charge in [-0.1, -0.05) is 30.1 Å². The first-order valence-corrected chi connectivity index (χ1v) is 14.3. The molecule has 1 aromatic carbocycles. The molecule has 1 aliphatic rings. The second kappa shape index (κ2) is 14.7. The van der Waals surface area contributed by atoms with E-state index in [0.29, 0.717) is 5.75 Å². The lowest BCUT2D eigenvalue weighted by Gasteiger charge is -2.34. The highest BCUT2D eigenvalue weighted by molar-refractivity contribution is 7.89. The van der Waals surface area contributed by atoms with E-state index >= 15 is 0 Å². The Morgan fingerprint density at radius 2 is 1.64 bits per heavy atom. The van der Waals surface area contributed by atoms with Gasteiger partial charge in [0.2, 0.25) is 15.9 Å². The van der Waals surface area contributed by atoms with Crippen LogP contribution in [0.2, 0.25) is 10.0 Å². The molecule has 0 radical (unpaired) electrons. The summed E-state index contributed by atoms with van der Waals surface area (Å²) in [6.07, 6.45) is 3.88. The number of likely N-dealkylation sites (N-methyl/N-ethyl adjacent to an activating group) is 3. The minimum absolute atomic E-state index is 0.0302. The molecule has 36 heavy (non-hydrogen) atoms. The van der Waals surface area contributed by atoms with E-state index in [0.717, 1.165) is 49.7 Å². The molecule has 0 aliphatic heterocycles. The smallest absolute Gasteiger partial charge is 0.248 e. The number of rotatable bonds is 14. The lowest BCUT2D eigenvalue weighted by Crippen LogP contribution is -2.42. The summed E-state index contributed by atoms with van der Waals surface area (Å²) in [5.41, 5.74) is 0. The number of carbonyl (C=O) groups is 1. The van der Waals surface area contributed by atoms with Crippen LogP contribution in [-0.2, 0) is 24.3 Å². The topological polar surface area (TPSA) is 88.6 Å². The van der Waals surface area contributed by atoms with Gasteiger partial charge in [-0.3, -0.25) is 4.79 Å². The van der Waals surface area contributed by atoms with Crippen molar-refractivity contribution in [3.05, 3.63) is 22.2 Å². The van der Waals surface area contributed by atoms with Crippen molar-refractivity contribution < 1.29 is 27.4 Å².